The van der Waals surface area contributed by atoms with E-state index >= 15 is 0 Å². The summed E-state index contributed by atoms with van der Waals surface area (Å²) in [4.78, 5) is 14.0. The summed E-state index contributed by atoms with van der Waals surface area (Å²) in [6, 6.07) is 17.1. The van der Waals surface area contributed by atoms with Gasteiger partial charge >= 0.3 is 0 Å². The Hall–Kier alpha value is -1.98. The third-order valence-electron chi connectivity index (χ3n) is 3.07. The molecular weight excluding hydrogens is 348 g/mol. The van der Waals surface area contributed by atoms with E-state index in [0.717, 1.165) is 15.7 Å². The maximum absolute atomic E-state index is 12.5. The molecule has 2 aromatic carbocycles. The quantitative estimate of drug-likeness (QED) is 0.655. The molecule has 1 saturated heterocycles. The van der Waals surface area contributed by atoms with Crippen molar-refractivity contribution in [1.29, 1.82) is 0 Å². The van der Waals surface area contributed by atoms with E-state index in [1.807, 2.05) is 54.6 Å². The highest BCUT2D eigenvalue weighted by molar-refractivity contribution is 9.10. The van der Waals surface area contributed by atoms with Gasteiger partial charge < -0.3 is 5.32 Å². The molecule has 1 aliphatic heterocycles. The van der Waals surface area contributed by atoms with Gasteiger partial charge in [-0.15, -0.1) is 0 Å². The molecule has 0 unspecified atom stereocenters. The van der Waals surface area contributed by atoms with Gasteiger partial charge in [-0.05, 0) is 48.1 Å². The van der Waals surface area contributed by atoms with Gasteiger partial charge in [-0.25, -0.2) is 0 Å². The summed E-state index contributed by atoms with van der Waals surface area (Å²) in [7, 11) is 0. The van der Waals surface area contributed by atoms with Gasteiger partial charge in [0.25, 0.3) is 5.91 Å². The minimum Gasteiger partial charge on any atom is -0.327 e. The van der Waals surface area contributed by atoms with Crippen molar-refractivity contribution in [3.8, 4) is 0 Å². The first kappa shape index (κ1) is 14.0. The largest absolute Gasteiger partial charge is 0.327 e. The van der Waals surface area contributed by atoms with Crippen molar-refractivity contribution < 1.29 is 4.79 Å². The molecule has 0 saturated carbocycles. The first-order valence-corrected chi connectivity index (χ1v) is 7.53. The first-order valence-electron chi connectivity index (χ1n) is 6.33. The molecule has 1 amide bonds. The molecule has 3 nitrogen and oxygen atoms in total. The van der Waals surface area contributed by atoms with Gasteiger partial charge in [-0.1, -0.05) is 46.3 Å². The molecule has 0 spiro atoms. The van der Waals surface area contributed by atoms with Crippen LogP contribution in [0.15, 0.2) is 64.8 Å². The summed E-state index contributed by atoms with van der Waals surface area (Å²) in [6.45, 7) is 0. The zero-order valence-electron chi connectivity index (χ0n) is 10.9. The second-order valence-electron chi connectivity index (χ2n) is 4.52. The molecule has 3 rings (SSSR count). The van der Waals surface area contributed by atoms with Gasteiger partial charge in [0.2, 0.25) is 0 Å². The number of thiocarbonyl (C=S) groups is 1. The van der Waals surface area contributed by atoms with E-state index in [0.29, 0.717) is 10.8 Å². The minimum atomic E-state index is -0.144. The Morgan fingerprint density at radius 3 is 2.38 bits per heavy atom. The standard InChI is InChI=1S/C16H11BrN2OS/c17-12-8-6-11(7-9-12)10-14-15(20)19(16(21)18-14)13-4-2-1-3-5-13/h1-10H,(H,18,21)/b14-10-. The lowest BCUT2D eigenvalue weighted by Crippen LogP contribution is -2.30. The van der Waals surface area contributed by atoms with Crippen LogP contribution in [0.4, 0.5) is 5.69 Å². The number of anilines is 1. The molecular formula is C16H11BrN2OS. The van der Waals surface area contributed by atoms with Crippen LogP contribution >= 0.6 is 28.1 Å². The molecule has 0 atom stereocenters. The Morgan fingerprint density at radius 1 is 1.05 bits per heavy atom. The highest BCUT2D eigenvalue weighted by atomic mass is 79.9. The Labute approximate surface area is 136 Å². The van der Waals surface area contributed by atoms with Crippen LogP contribution in [0, 0.1) is 0 Å². The van der Waals surface area contributed by atoms with Gasteiger partial charge in [0.05, 0.1) is 5.69 Å². The molecule has 5 heteroatoms. The lowest BCUT2D eigenvalue weighted by molar-refractivity contribution is -0.113. The van der Waals surface area contributed by atoms with Crippen molar-refractivity contribution in [1.82, 2.24) is 5.32 Å². The third kappa shape index (κ3) is 2.89. The van der Waals surface area contributed by atoms with E-state index < -0.39 is 0 Å². The number of halogens is 1. The number of hydrogen-bond acceptors (Lipinski definition) is 2. The number of amides is 1. The molecule has 1 fully saturated rings. The number of carbonyl (C=O) groups is 1. The summed E-state index contributed by atoms with van der Waals surface area (Å²) >= 11 is 8.65. The van der Waals surface area contributed by atoms with Crippen LogP contribution in [-0.4, -0.2) is 11.0 Å². The molecule has 1 heterocycles. The molecule has 1 N–H and O–H groups in total. The van der Waals surface area contributed by atoms with Crippen LogP contribution in [0.3, 0.4) is 0 Å². The highest BCUT2D eigenvalue weighted by Gasteiger charge is 2.31. The number of para-hydroxylation sites is 1. The van der Waals surface area contributed by atoms with Crippen molar-refractivity contribution in [2.45, 2.75) is 0 Å². The highest BCUT2D eigenvalue weighted by Crippen LogP contribution is 2.22. The zero-order valence-corrected chi connectivity index (χ0v) is 13.3. The van der Waals surface area contributed by atoms with Crippen LogP contribution in [0.5, 0.6) is 0 Å². The fourth-order valence-electron chi connectivity index (χ4n) is 2.07. The lowest BCUT2D eigenvalue weighted by Gasteiger charge is -2.13. The summed E-state index contributed by atoms with van der Waals surface area (Å²) in [5.74, 6) is -0.144. The second kappa shape index (κ2) is 5.79. The van der Waals surface area contributed by atoms with E-state index in [1.54, 1.807) is 6.08 Å². The molecule has 0 radical (unpaired) electrons. The topological polar surface area (TPSA) is 32.3 Å². The summed E-state index contributed by atoms with van der Waals surface area (Å²) < 4.78 is 0.997. The van der Waals surface area contributed by atoms with E-state index in [-0.39, 0.29) is 5.91 Å². The fraction of sp³-hybridized carbons (Fsp3) is 0. The third-order valence-corrected chi connectivity index (χ3v) is 3.89. The molecule has 2 aromatic rings. The second-order valence-corrected chi connectivity index (χ2v) is 5.82. The summed E-state index contributed by atoms with van der Waals surface area (Å²) in [6.07, 6.45) is 1.80. The number of nitrogens with zero attached hydrogens (tertiary/aromatic N) is 1. The van der Waals surface area contributed by atoms with Crippen LogP contribution in [0.2, 0.25) is 0 Å². The van der Waals surface area contributed by atoms with Crippen LogP contribution in [0.25, 0.3) is 6.08 Å². The van der Waals surface area contributed by atoms with Crippen LogP contribution < -0.4 is 10.2 Å². The fourth-order valence-corrected chi connectivity index (χ4v) is 2.63. The molecule has 0 aromatic heterocycles. The van der Waals surface area contributed by atoms with E-state index in [1.165, 1.54) is 4.90 Å². The lowest BCUT2D eigenvalue weighted by atomic mass is 10.2. The van der Waals surface area contributed by atoms with Crippen molar-refractivity contribution in [2.75, 3.05) is 4.90 Å². The number of rotatable bonds is 2. The van der Waals surface area contributed by atoms with Crippen molar-refractivity contribution >= 4 is 50.9 Å². The Morgan fingerprint density at radius 2 is 1.71 bits per heavy atom. The van der Waals surface area contributed by atoms with Gasteiger partial charge in [0, 0.05) is 4.47 Å². The molecule has 21 heavy (non-hydrogen) atoms. The normalized spacial score (nSPS) is 16.4. The van der Waals surface area contributed by atoms with E-state index in [4.69, 9.17) is 12.2 Å². The van der Waals surface area contributed by atoms with Crippen LogP contribution in [-0.2, 0) is 4.79 Å². The number of carbonyl (C=O) groups excluding carboxylic acids is 1. The van der Waals surface area contributed by atoms with Gasteiger partial charge in [-0.2, -0.15) is 0 Å². The zero-order chi connectivity index (χ0) is 14.8. The first-order chi connectivity index (χ1) is 10.1. The van der Waals surface area contributed by atoms with Crippen molar-refractivity contribution in [3.05, 3.63) is 70.3 Å². The predicted molar refractivity (Wildman–Crippen MR) is 91.8 cm³/mol. The van der Waals surface area contributed by atoms with Crippen LogP contribution in [0.1, 0.15) is 5.56 Å². The Bertz CT molecular complexity index is 726. The number of nitrogens with one attached hydrogen (secondary N) is 1. The maximum Gasteiger partial charge on any atom is 0.281 e. The minimum absolute atomic E-state index is 0.144. The smallest absolute Gasteiger partial charge is 0.281 e. The average Bonchev–Trinajstić information content (AvgIpc) is 2.77. The molecule has 1 aliphatic rings. The van der Waals surface area contributed by atoms with E-state index in [2.05, 4.69) is 21.2 Å². The van der Waals surface area contributed by atoms with Gasteiger partial charge in [0.1, 0.15) is 5.70 Å². The number of hydrogen-bond donors (Lipinski definition) is 1. The van der Waals surface area contributed by atoms with E-state index in [9.17, 15) is 4.79 Å². The Kier molecular flexibility index (Phi) is 3.86. The number of benzene rings is 2. The maximum atomic E-state index is 12.5. The summed E-state index contributed by atoms with van der Waals surface area (Å²) in [5.41, 5.74) is 2.18. The van der Waals surface area contributed by atoms with Gasteiger partial charge in [0.15, 0.2) is 5.11 Å². The van der Waals surface area contributed by atoms with Gasteiger partial charge in [-0.3, -0.25) is 9.69 Å². The Balaban J connectivity index is 1.92. The predicted octanol–water partition coefficient (Wildman–Crippen LogP) is 3.71. The molecule has 0 aliphatic carbocycles. The average molecular weight is 359 g/mol. The summed E-state index contributed by atoms with van der Waals surface area (Å²) in [5, 5.41) is 3.37. The monoisotopic (exact) mass is 358 g/mol. The molecule has 0 bridgehead atoms. The van der Waals surface area contributed by atoms with Crippen molar-refractivity contribution in [2.24, 2.45) is 0 Å². The van der Waals surface area contributed by atoms with Crippen molar-refractivity contribution in [3.63, 3.8) is 0 Å². The molecule has 104 valence electrons. The SMILES string of the molecule is O=C1/C(=C/c2ccc(Br)cc2)NC(=S)N1c1ccccc1.